The van der Waals surface area contributed by atoms with Crippen molar-refractivity contribution in [2.75, 3.05) is 5.32 Å². The average molecular weight is 389 g/mol. The molecule has 4 N–H and O–H groups in total. The Kier molecular flexibility index (Phi) is 5.01. The van der Waals surface area contributed by atoms with Gasteiger partial charge in [-0.1, -0.05) is 0 Å². The summed E-state index contributed by atoms with van der Waals surface area (Å²) >= 11 is 0. The fraction of sp³-hybridized carbons (Fsp3) is 0.353. The smallest absolute Gasteiger partial charge is 0.238 e. The second-order valence-electron chi connectivity index (χ2n) is 6.57. The summed E-state index contributed by atoms with van der Waals surface area (Å²) in [4.78, 5) is 8.26. The Labute approximate surface area is 156 Å². The topological polar surface area (TPSA) is 151 Å². The van der Waals surface area contributed by atoms with Gasteiger partial charge in [0.1, 0.15) is 17.7 Å². The zero-order valence-corrected chi connectivity index (χ0v) is 15.4. The summed E-state index contributed by atoms with van der Waals surface area (Å²) in [5, 5.41) is 27.6. The van der Waals surface area contributed by atoms with Gasteiger partial charge in [-0.25, -0.2) is 18.5 Å². The van der Waals surface area contributed by atoms with Crippen molar-refractivity contribution in [3.63, 3.8) is 0 Å². The van der Waals surface area contributed by atoms with Crippen LogP contribution < -0.4 is 15.2 Å². The molecule has 9 nitrogen and oxygen atoms in total. The first kappa shape index (κ1) is 19.0. The van der Waals surface area contributed by atoms with Crippen LogP contribution in [0, 0.1) is 11.3 Å². The highest BCUT2D eigenvalue weighted by Crippen LogP contribution is 2.33. The van der Waals surface area contributed by atoms with Gasteiger partial charge in [0, 0.05) is 5.69 Å². The summed E-state index contributed by atoms with van der Waals surface area (Å²) in [6.45, 7) is 1.70. The number of nitrogens with zero attached hydrogens (tertiary/aromatic N) is 3. The van der Waals surface area contributed by atoms with Gasteiger partial charge in [-0.05, 0) is 50.5 Å². The van der Waals surface area contributed by atoms with Crippen LogP contribution in [0.25, 0.3) is 0 Å². The minimum Gasteiger partial charge on any atom is -0.470 e. The molecule has 0 radical (unpaired) electrons. The summed E-state index contributed by atoms with van der Waals surface area (Å²) < 4.78 is 28.4. The van der Waals surface area contributed by atoms with Crippen molar-refractivity contribution < 1.29 is 18.3 Å². The Balaban J connectivity index is 1.82. The van der Waals surface area contributed by atoms with Crippen molar-refractivity contribution in [3.05, 3.63) is 36.0 Å². The number of sulfonamides is 1. The SMILES string of the molecule is C[C@]1(O)CCC[C@H]1Oc1nc(Nc2ccc(S(N)(=O)=O)cc2)ncc1C#N. The number of aromatic nitrogens is 2. The second-order valence-corrected chi connectivity index (χ2v) is 8.14. The molecule has 1 aromatic heterocycles. The van der Waals surface area contributed by atoms with Gasteiger partial charge in [-0.3, -0.25) is 0 Å². The molecule has 1 heterocycles. The van der Waals surface area contributed by atoms with Crippen LogP contribution in [0.4, 0.5) is 11.6 Å². The molecular weight excluding hydrogens is 370 g/mol. The zero-order valence-electron chi connectivity index (χ0n) is 14.6. The number of nitrogens with one attached hydrogen (secondary N) is 1. The van der Waals surface area contributed by atoms with E-state index in [1.54, 1.807) is 6.92 Å². The molecule has 0 saturated heterocycles. The highest BCUT2D eigenvalue weighted by atomic mass is 32.2. The van der Waals surface area contributed by atoms with E-state index < -0.39 is 21.7 Å². The van der Waals surface area contributed by atoms with Gasteiger partial charge in [-0.2, -0.15) is 10.2 Å². The standard InChI is InChI=1S/C17H19N5O4S/c1-17(23)8-2-3-14(17)26-15-11(9-18)10-20-16(22-15)21-12-4-6-13(7-5-12)27(19,24)25/h4-7,10,14,23H,2-3,8H2,1H3,(H2,19,24,25)(H,20,21,22)/t14-,17+/m1/s1. The Morgan fingerprint density at radius 2 is 2.11 bits per heavy atom. The van der Waals surface area contributed by atoms with Crippen molar-refractivity contribution in [1.82, 2.24) is 9.97 Å². The maximum Gasteiger partial charge on any atom is 0.238 e. The summed E-state index contributed by atoms with van der Waals surface area (Å²) in [6.07, 6.45) is 2.98. The minimum absolute atomic E-state index is 0.0127. The van der Waals surface area contributed by atoms with Crippen LogP contribution in [0.1, 0.15) is 31.7 Å². The van der Waals surface area contributed by atoms with Gasteiger partial charge in [0.2, 0.25) is 21.9 Å². The number of nitrogens with two attached hydrogens (primary N) is 1. The lowest BCUT2D eigenvalue weighted by molar-refractivity contribution is -0.0271. The van der Waals surface area contributed by atoms with Crippen molar-refractivity contribution in [3.8, 4) is 11.9 Å². The van der Waals surface area contributed by atoms with E-state index in [1.165, 1.54) is 30.5 Å². The molecule has 142 valence electrons. The average Bonchev–Trinajstić information content (AvgIpc) is 2.93. The molecule has 0 unspecified atom stereocenters. The van der Waals surface area contributed by atoms with Gasteiger partial charge in [-0.15, -0.1) is 0 Å². The first-order valence-electron chi connectivity index (χ1n) is 8.25. The molecule has 2 aromatic rings. The van der Waals surface area contributed by atoms with Crippen LogP contribution >= 0.6 is 0 Å². The quantitative estimate of drug-likeness (QED) is 0.694. The predicted octanol–water partition coefficient (Wildman–Crippen LogP) is 1.42. The van der Waals surface area contributed by atoms with E-state index in [9.17, 15) is 18.8 Å². The number of benzene rings is 1. The van der Waals surface area contributed by atoms with E-state index in [4.69, 9.17) is 9.88 Å². The third-order valence-corrected chi connectivity index (χ3v) is 5.34. The third-order valence-electron chi connectivity index (χ3n) is 4.41. The van der Waals surface area contributed by atoms with Crippen LogP contribution in [0.2, 0.25) is 0 Å². The minimum atomic E-state index is -3.77. The lowest BCUT2D eigenvalue weighted by Crippen LogP contribution is -2.38. The molecule has 1 fully saturated rings. The molecule has 0 spiro atoms. The van der Waals surface area contributed by atoms with Gasteiger partial charge >= 0.3 is 0 Å². The maximum atomic E-state index is 11.3. The number of ether oxygens (including phenoxy) is 1. The fourth-order valence-corrected chi connectivity index (χ4v) is 3.40. The molecule has 1 aromatic carbocycles. The summed E-state index contributed by atoms with van der Waals surface area (Å²) in [6, 6.07) is 7.72. The van der Waals surface area contributed by atoms with E-state index in [2.05, 4.69) is 15.3 Å². The Hall–Kier alpha value is -2.74. The molecule has 27 heavy (non-hydrogen) atoms. The number of hydrogen-bond donors (Lipinski definition) is 3. The largest absolute Gasteiger partial charge is 0.470 e. The third kappa shape index (κ3) is 4.33. The normalized spacial score (nSPS) is 22.2. The summed E-state index contributed by atoms with van der Waals surface area (Å²) in [7, 11) is -3.77. The van der Waals surface area contributed by atoms with Gasteiger partial charge in [0.05, 0.1) is 16.7 Å². The van der Waals surface area contributed by atoms with Crippen molar-refractivity contribution in [2.45, 2.75) is 42.8 Å². The number of nitriles is 1. The Morgan fingerprint density at radius 3 is 2.67 bits per heavy atom. The number of anilines is 2. The van der Waals surface area contributed by atoms with Crippen LogP contribution in [0.3, 0.4) is 0 Å². The van der Waals surface area contributed by atoms with Gasteiger partial charge in [0.15, 0.2) is 0 Å². The number of primary sulfonamides is 1. The molecule has 0 aliphatic heterocycles. The first-order chi connectivity index (χ1) is 12.7. The van der Waals surface area contributed by atoms with Crippen LogP contribution in [0.5, 0.6) is 5.88 Å². The van der Waals surface area contributed by atoms with Crippen LogP contribution in [-0.2, 0) is 10.0 Å². The molecule has 3 rings (SSSR count). The van der Waals surface area contributed by atoms with E-state index in [0.29, 0.717) is 18.5 Å². The molecule has 0 bridgehead atoms. The molecule has 0 amide bonds. The fourth-order valence-electron chi connectivity index (χ4n) is 2.89. The predicted molar refractivity (Wildman–Crippen MR) is 96.7 cm³/mol. The van der Waals surface area contributed by atoms with Crippen molar-refractivity contribution in [2.24, 2.45) is 5.14 Å². The molecule has 1 aliphatic rings. The van der Waals surface area contributed by atoms with E-state index in [1.807, 2.05) is 6.07 Å². The van der Waals surface area contributed by atoms with Gasteiger partial charge < -0.3 is 15.2 Å². The molecule has 1 saturated carbocycles. The highest BCUT2D eigenvalue weighted by Gasteiger charge is 2.39. The summed E-state index contributed by atoms with van der Waals surface area (Å²) in [5.74, 6) is 0.258. The van der Waals surface area contributed by atoms with E-state index in [0.717, 1.165) is 6.42 Å². The van der Waals surface area contributed by atoms with Crippen molar-refractivity contribution in [1.29, 1.82) is 5.26 Å². The Bertz CT molecular complexity index is 983. The zero-order chi connectivity index (χ0) is 19.7. The molecular formula is C17H19N5O4S. The highest BCUT2D eigenvalue weighted by molar-refractivity contribution is 7.89. The molecule has 2 atom stereocenters. The number of hydrogen-bond acceptors (Lipinski definition) is 8. The van der Waals surface area contributed by atoms with E-state index in [-0.39, 0.29) is 22.3 Å². The number of rotatable bonds is 5. The second kappa shape index (κ2) is 7.11. The van der Waals surface area contributed by atoms with Crippen LogP contribution in [0.15, 0.2) is 35.4 Å². The van der Waals surface area contributed by atoms with Crippen LogP contribution in [-0.4, -0.2) is 35.2 Å². The molecule has 1 aliphatic carbocycles. The Morgan fingerprint density at radius 1 is 1.41 bits per heavy atom. The first-order valence-corrected chi connectivity index (χ1v) is 9.80. The molecule has 10 heteroatoms. The summed E-state index contributed by atoms with van der Waals surface area (Å²) in [5.41, 5.74) is -0.284. The number of aliphatic hydroxyl groups is 1. The van der Waals surface area contributed by atoms with Gasteiger partial charge in [0.25, 0.3) is 0 Å². The van der Waals surface area contributed by atoms with Crippen molar-refractivity contribution >= 4 is 21.7 Å². The lowest BCUT2D eigenvalue weighted by atomic mass is 10.0. The lowest BCUT2D eigenvalue weighted by Gasteiger charge is -2.26. The van der Waals surface area contributed by atoms with E-state index >= 15 is 0 Å². The monoisotopic (exact) mass is 389 g/mol. The maximum absolute atomic E-state index is 11.3.